The molecule has 1 saturated heterocycles. The smallest absolute Gasteiger partial charge is 0.0638 e. The van der Waals surface area contributed by atoms with E-state index in [2.05, 4.69) is 76.2 Å². The van der Waals surface area contributed by atoms with E-state index in [9.17, 15) is 0 Å². The van der Waals surface area contributed by atoms with Gasteiger partial charge in [-0.2, -0.15) is 0 Å². The molecular weight excluding hydrogens is 360 g/mol. The van der Waals surface area contributed by atoms with Crippen LogP contribution in [0.5, 0.6) is 0 Å². The van der Waals surface area contributed by atoms with Gasteiger partial charge in [0.15, 0.2) is 0 Å². The SMILES string of the molecule is CCOCCNc1ccc(Nc2ccc3c(C4CCN(C)CC4)c[nH]c3c2)cc1. The fourth-order valence-corrected chi connectivity index (χ4v) is 4.13. The molecule has 154 valence electrons. The second-order valence-electron chi connectivity index (χ2n) is 7.91. The van der Waals surface area contributed by atoms with Crippen LogP contribution in [0.2, 0.25) is 0 Å². The maximum absolute atomic E-state index is 5.36. The lowest BCUT2D eigenvalue weighted by Crippen LogP contribution is -2.29. The Labute approximate surface area is 173 Å². The van der Waals surface area contributed by atoms with E-state index in [1.54, 1.807) is 0 Å². The average Bonchev–Trinajstić information content (AvgIpc) is 3.16. The van der Waals surface area contributed by atoms with Crippen molar-refractivity contribution in [2.75, 3.05) is 50.5 Å². The van der Waals surface area contributed by atoms with Crippen molar-refractivity contribution in [1.82, 2.24) is 9.88 Å². The summed E-state index contributed by atoms with van der Waals surface area (Å²) >= 11 is 0. The molecule has 1 aliphatic rings. The van der Waals surface area contributed by atoms with Crippen LogP contribution in [0.15, 0.2) is 48.7 Å². The van der Waals surface area contributed by atoms with Crippen LogP contribution in [0.4, 0.5) is 17.1 Å². The molecule has 2 aromatic carbocycles. The van der Waals surface area contributed by atoms with Gasteiger partial charge in [-0.25, -0.2) is 0 Å². The summed E-state index contributed by atoms with van der Waals surface area (Å²) < 4.78 is 5.36. The van der Waals surface area contributed by atoms with E-state index >= 15 is 0 Å². The summed E-state index contributed by atoms with van der Waals surface area (Å²) in [7, 11) is 2.22. The van der Waals surface area contributed by atoms with Gasteiger partial charge in [-0.05, 0) is 87.8 Å². The maximum Gasteiger partial charge on any atom is 0.0638 e. The third-order valence-corrected chi connectivity index (χ3v) is 5.83. The third kappa shape index (κ3) is 4.92. The highest BCUT2D eigenvalue weighted by Crippen LogP contribution is 2.34. The van der Waals surface area contributed by atoms with Crippen molar-refractivity contribution < 1.29 is 4.74 Å². The Morgan fingerprint density at radius 3 is 2.52 bits per heavy atom. The number of ether oxygens (including phenoxy) is 1. The minimum Gasteiger partial charge on any atom is -0.383 e. The number of fused-ring (bicyclic) bond motifs is 1. The first-order valence-corrected chi connectivity index (χ1v) is 10.7. The molecule has 1 aliphatic heterocycles. The summed E-state index contributed by atoms with van der Waals surface area (Å²) in [5, 5.41) is 8.25. The topological polar surface area (TPSA) is 52.3 Å². The summed E-state index contributed by atoms with van der Waals surface area (Å²) in [5.41, 5.74) is 5.98. The van der Waals surface area contributed by atoms with Crippen LogP contribution in [0.25, 0.3) is 10.9 Å². The maximum atomic E-state index is 5.36. The average molecular weight is 393 g/mol. The summed E-state index contributed by atoms with van der Waals surface area (Å²) in [6, 6.07) is 15.0. The van der Waals surface area contributed by atoms with Crippen LogP contribution in [0.1, 0.15) is 31.2 Å². The number of piperidine rings is 1. The summed E-state index contributed by atoms with van der Waals surface area (Å²) in [5.74, 6) is 0.668. The number of likely N-dealkylation sites (tertiary alicyclic amines) is 1. The first-order chi connectivity index (χ1) is 14.2. The fraction of sp³-hybridized carbons (Fsp3) is 0.417. The minimum absolute atomic E-state index is 0.668. The predicted molar refractivity (Wildman–Crippen MR) is 122 cm³/mol. The zero-order valence-electron chi connectivity index (χ0n) is 17.5. The molecule has 0 unspecified atom stereocenters. The van der Waals surface area contributed by atoms with Gasteiger partial charge in [-0.15, -0.1) is 0 Å². The molecule has 0 atom stereocenters. The first kappa shape index (κ1) is 19.8. The number of anilines is 3. The van der Waals surface area contributed by atoms with Crippen LogP contribution in [-0.2, 0) is 4.74 Å². The molecule has 3 aromatic rings. The summed E-state index contributed by atoms with van der Waals surface area (Å²) in [6.07, 6.45) is 4.70. The molecule has 2 heterocycles. The van der Waals surface area contributed by atoms with E-state index in [4.69, 9.17) is 4.74 Å². The Morgan fingerprint density at radius 2 is 1.76 bits per heavy atom. The molecule has 1 aromatic heterocycles. The van der Waals surface area contributed by atoms with Gasteiger partial charge in [0.1, 0.15) is 0 Å². The molecule has 5 nitrogen and oxygen atoms in total. The van der Waals surface area contributed by atoms with E-state index in [0.717, 1.165) is 36.8 Å². The number of nitrogens with zero attached hydrogens (tertiary/aromatic N) is 1. The van der Waals surface area contributed by atoms with Crippen molar-refractivity contribution >= 4 is 28.0 Å². The van der Waals surface area contributed by atoms with Crippen molar-refractivity contribution in [3.63, 3.8) is 0 Å². The second kappa shape index (κ2) is 9.33. The molecule has 0 aliphatic carbocycles. The van der Waals surface area contributed by atoms with Gasteiger partial charge in [-0.1, -0.05) is 6.07 Å². The number of nitrogens with one attached hydrogen (secondary N) is 3. The Balaban J connectivity index is 1.40. The Bertz CT molecular complexity index is 910. The molecule has 0 radical (unpaired) electrons. The molecule has 0 spiro atoms. The van der Waals surface area contributed by atoms with E-state index < -0.39 is 0 Å². The van der Waals surface area contributed by atoms with Crippen LogP contribution in [-0.4, -0.2) is 49.8 Å². The number of rotatable bonds is 8. The van der Waals surface area contributed by atoms with Crippen molar-refractivity contribution in [2.24, 2.45) is 0 Å². The Kier molecular flexibility index (Phi) is 6.37. The molecular formula is C24H32N4O. The number of benzene rings is 2. The number of H-pyrrole nitrogens is 1. The van der Waals surface area contributed by atoms with E-state index in [0.29, 0.717) is 5.92 Å². The van der Waals surface area contributed by atoms with Crippen LogP contribution in [0.3, 0.4) is 0 Å². The minimum atomic E-state index is 0.668. The van der Waals surface area contributed by atoms with E-state index in [1.807, 2.05) is 6.92 Å². The van der Waals surface area contributed by atoms with Crippen LogP contribution in [0, 0.1) is 0 Å². The highest BCUT2D eigenvalue weighted by atomic mass is 16.5. The lowest BCUT2D eigenvalue weighted by atomic mass is 9.89. The monoisotopic (exact) mass is 392 g/mol. The molecule has 3 N–H and O–H groups in total. The third-order valence-electron chi connectivity index (χ3n) is 5.83. The highest BCUT2D eigenvalue weighted by molar-refractivity contribution is 5.87. The molecule has 0 saturated carbocycles. The van der Waals surface area contributed by atoms with Gasteiger partial charge in [0.05, 0.1) is 6.61 Å². The van der Waals surface area contributed by atoms with Gasteiger partial charge >= 0.3 is 0 Å². The number of hydrogen-bond acceptors (Lipinski definition) is 4. The van der Waals surface area contributed by atoms with Crippen molar-refractivity contribution in [3.8, 4) is 0 Å². The molecule has 0 amide bonds. The van der Waals surface area contributed by atoms with Crippen molar-refractivity contribution in [2.45, 2.75) is 25.7 Å². The molecule has 4 rings (SSSR count). The van der Waals surface area contributed by atoms with Gasteiger partial charge in [0.25, 0.3) is 0 Å². The zero-order valence-corrected chi connectivity index (χ0v) is 17.5. The lowest BCUT2D eigenvalue weighted by molar-refractivity contribution is 0.158. The van der Waals surface area contributed by atoms with Gasteiger partial charge < -0.3 is 25.3 Å². The Hall–Kier alpha value is -2.50. The van der Waals surface area contributed by atoms with Gasteiger partial charge in [0.2, 0.25) is 0 Å². The Morgan fingerprint density at radius 1 is 1.03 bits per heavy atom. The van der Waals surface area contributed by atoms with Crippen molar-refractivity contribution in [1.29, 1.82) is 0 Å². The van der Waals surface area contributed by atoms with Gasteiger partial charge in [-0.3, -0.25) is 0 Å². The predicted octanol–water partition coefficient (Wildman–Crippen LogP) is 5.17. The van der Waals surface area contributed by atoms with E-state index in [1.165, 1.54) is 42.4 Å². The van der Waals surface area contributed by atoms with Crippen LogP contribution < -0.4 is 10.6 Å². The lowest BCUT2D eigenvalue weighted by Gasteiger charge is -2.28. The second-order valence-corrected chi connectivity index (χ2v) is 7.91. The highest BCUT2D eigenvalue weighted by Gasteiger charge is 2.21. The molecule has 0 bridgehead atoms. The molecule has 1 fully saturated rings. The van der Waals surface area contributed by atoms with Gasteiger partial charge in [0, 0.05) is 47.3 Å². The standard InChI is InChI=1S/C24H32N4O/c1-3-29-15-12-25-19-4-6-20(7-5-19)27-21-8-9-22-23(17-26-24(22)16-21)18-10-13-28(2)14-11-18/h4-9,16-18,25-27H,3,10-15H2,1-2H3. The van der Waals surface area contributed by atoms with Crippen LogP contribution >= 0.6 is 0 Å². The fourth-order valence-electron chi connectivity index (χ4n) is 4.13. The summed E-state index contributed by atoms with van der Waals surface area (Å²) in [6.45, 7) is 6.70. The first-order valence-electron chi connectivity index (χ1n) is 10.7. The molecule has 5 heteroatoms. The summed E-state index contributed by atoms with van der Waals surface area (Å²) in [4.78, 5) is 5.91. The number of hydrogen-bond donors (Lipinski definition) is 3. The quantitative estimate of drug-likeness (QED) is 0.463. The van der Waals surface area contributed by atoms with Crippen molar-refractivity contribution in [3.05, 3.63) is 54.2 Å². The number of aromatic nitrogens is 1. The molecule has 29 heavy (non-hydrogen) atoms. The largest absolute Gasteiger partial charge is 0.383 e. The normalized spacial score (nSPS) is 15.7. The van der Waals surface area contributed by atoms with E-state index in [-0.39, 0.29) is 0 Å². The number of aromatic amines is 1. The zero-order chi connectivity index (χ0) is 20.1.